The Balaban J connectivity index is 1.82. The highest BCUT2D eigenvalue weighted by Gasteiger charge is 2.24. The standard InChI is InChI=1S/C14H22N4O/c1-3-13-16-7-12(8-17-13)10-18-5-4-11(9-18)6-14(19)15-2/h7-8,11H,3-6,9-10H2,1-2H3,(H,15,19). The molecule has 0 saturated carbocycles. The van der Waals surface area contributed by atoms with E-state index in [9.17, 15) is 4.79 Å². The minimum atomic E-state index is 0.141. The van der Waals surface area contributed by atoms with Crippen LogP contribution in [0.4, 0.5) is 0 Å². The van der Waals surface area contributed by atoms with Gasteiger partial charge in [-0.1, -0.05) is 6.92 Å². The van der Waals surface area contributed by atoms with Crippen molar-refractivity contribution in [3.8, 4) is 0 Å². The van der Waals surface area contributed by atoms with Crippen LogP contribution < -0.4 is 5.32 Å². The van der Waals surface area contributed by atoms with Crippen LogP contribution in [0.15, 0.2) is 12.4 Å². The lowest BCUT2D eigenvalue weighted by Crippen LogP contribution is -2.24. The number of amides is 1. The first kappa shape index (κ1) is 13.9. The van der Waals surface area contributed by atoms with Crippen molar-refractivity contribution < 1.29 is 4.79 Å². The molecule has 104 valence electrons. The fourth-order valence-corrected chi connectivity index (χ4v) is 2.49. The Morgan fingerprint density at radius 1 is 1.47 bits per heavy atom. The summed E-state index contributed by atoms with van der Waals surface area (Å²) in [5.74, 6) is 1.51. The molecule has 1 fully saturated rings. The third-order valence-electron chi connectivity index (χ3n) is 3.60. The number of nitrogens with zero attached hydrogens (tertiary/aromatic N) is 3. The molecule has 1 aliphatic rings. The average Bonchev–Trinajstić information content (AvgIpc) is 2.86. The Hall–Kier alpha value is -1.49. The predicted molar refractivity (Wildman–Crippen MR) is 73.5 cm³/mol. The number of nitrogens with one attached hydrogen (secondary N) is 1. The largest absolute Gasteiger partial charge is 0.359 e. The third-order valence-corrected chi connectivity index (χ3v) is 3.60. The molecule has 0 aliphatic carbocycles. The molecule has 0 bridgehead atoms. The van der Waals surface area contributed by atoms with Crippen LogP contribution >= 0.6 is 0 Å². The molecule has 1 saturated heterocycles. The molecule has 1 aliphatic heterocycles. The zero-order valence-electron chi connectivity index (χ0n) is 11.7. The number of carbonyl (C=O) groups excluding carboxylic acids is 1. The fourth-order valence-electron chi connectivity index (χ4n) is 2.49. The van der Waals surface area contributed by atoms with E-state index in [4.69, 9.17) is 0 Å². The summed E-state index contributed by atoms with van der Waals surface area (Å²) in [6, 6.07) is 0. The van der Waals surface area contributed by atoms with Crippen LogP contribution in [0.3, 0.4) is 0 Å². The van der Waals surface area contributed by atoms with Gasteiger partial charge in [-0.05, 0) is 18.9 Å². The van der Waals surface area contributed by atoms with Gasteiger partial charge in [0.25, 0.3) is 0 Å². The van der Waals surface area contributed by atoms with E-state index >= 15 is 0 Å². The molecule has 0 radical (unpaired) electrons. The van der Waals surface area contributed by atoms with Gasteiger partial charge < -0.3 is 5.32 Å². The molecule has 0 spiro atoms. The molecule has 1 amide bonds. The van der Waals surface area contributed by atoms with E-state index in [1.54, 1.807) is 7.05 Å². The maximum Gasteiger partial charge on any atom is 0.220 e. The molecule has 1 aromatic heterocycles. The first-order valence-corrected chi connectivity index (χ1v) is 6.94. The molecule has 5 heteroatoms. The van der Waals surface area contributed by atoms with Crippen LogP contribution in [0.5, 0.6) is 0 Å². The first-order valence-electron chi connectivity index (χ1n) is 6.94. The van der Waals surface area contributed by atoms with Crippen molar-refractivity contribution in [2.24, 2.45) is 5.92 Å². The molecule has 2 heterocycles. The van der Waals surface area contributed by atoms with Crippen molar-refractivity contribution in [3.05, 3.63) is 23.8 Å². The normalized spacial score (nSPS) is 19.6. The van der Waals surface area contributed by atoms with Gasteiger partial charge in [-0.2, -0.15) is 0 Å². The van der Waals surface area contributed by atoms with Crippen molar-refractivity contribution >= 4 is 5.91 Å². The SMILES string of the molecule is CCc1ncc(CN2CCC(CC(=O)NC)C2)cn1. The Bertz CT molecular complexity index is 418. The minimum absolute atomic E-state index is 0.141. The van der Waals surface area contributed by atoms with Crippen LogP contribution in [-0.4, -0.2) is 40.9 Å². The maximum absolute atomic E-state index is 11.4. The summed E-state index contributed by atoms with van der Waals surface area (Å²) in [6.07, 6.45) is 6.44. The van der Waals surface area contributed by atoms with Gasteiger partial charge in [-0.15, -0.1) is 0 Å². The highest BCUT2D eigenvalue weighted by Crippen LogP contribution is 2.21. The average molecular weight is 262 g/mol. The zero-order valence-corrected chi connectivity index (χ0v) is 11.7. The van der Waals surface area contributed by atoms with Crippen molar-refractivity contribution in [1.82, 2.24) is 20.2 Å². The monoisotopic (exact) mass is 262 g/mol. The van der Waals surface area contributed by atoms with Gasteiger partial charge in [0.1, 0.15) is 5.82 Å². The van der Waals surface area contributed by atoms with Gasteiger partial charge in [-0.25, -0.2) is 9.97 Å². The first-order chi connectivity index (χ1) is 9.21. The lowest BCUT2D eigenvalue weighted by molar-refractivity contribution is -0.121. The summed E-state index contributed by atoms with van der Waals surface area (Å²) < 4.78 is 0. The van der Waals surface area contributed by atoms with Gasteiger partial charge >= 0.3 is 0 Å². The van der Waals surface area contributed by atoms with E-state index in [1.807, 2.05) is 12.4 Å². The van der Waals surface area contributed by atoms with E-state index in [-0.39, 0.29) is 5.91 Å². The van der Waals surface area contributed by atoms with Gasteiger partial charge in [0.05, 0.1) is 0 Å². The number of likely N-dealkylation sites (tertiary alicyclic amines) is 1. The smallest absolute Gasteiger partial charge is 0.220 e. The summed E-state index contributed by atoms with van der Waals surface area (Å²) in [7, 11) is 1.70. The number of hydrogen-bond acceptors (Lipinski definition) is 4. The second-order valence-electron chi connectivity index (χ2n) is 5.13. The van der Waals surface area contributed by atoms with E-state index in [0.717, 1.165) is 43.9 Å². The lowest BCUT2D eigenvalue weighted by Gasteiger charge is -2.15. The second-order valence-corrected chi connectivity index (χ2v) is 5.13. The molecule has 19 heavy (non-hydrogen) atoms. The molecular formula is C14H22N4O. The van der Waals surface area contributed by atoms with Crippen LogP contribution in [0.2, 0.25) is 0 Å². The summed E-state index contributed by atoms with van der Waals surface area (Å²) in [5, 5.41) is 2.69. The van der Waals surface area contributed by atoms with Crippen molar-refractivity contribution in [2.45, 2.75) is 32.7 Å². The topological polar surface area (TPSA) is 58.1 Å². The number of aromatic nitrogens is 2. The fraction of sp³-hybridized carbons (Fsp3) is 0.643. The summed E-state index contributed by atoms with van der Waals surface area (Å²) in [4.78, 5) is 22.4. The molecule has 1 aromatic rings. The summed E-state index contributed by atoms with van der Waals surface area (Å²) >= 11 is 0. The predicted octanol–water partition coefficient (Wildman–Crippen LogP) is 0.997. The van der Waals surface area contributed by atoms with Crippen LogP contribution in [0, 0.1) is 5.92 Å². The number of rotatable bonds is 5. The minimum Gasteiger partial charge on any atom is -0.359 e. The molecule has 0 aromatic carbocycles. The second kappa shape index (κ2) is 6.61. The van der Waals surface area contributed by atoms with Crippen molar-refractivity contribution in [3.63, 3.8) is 0 Å². The summed E-state index contributed by atoms with van der Waals surface area (Å²) in [6.45, 7) is 4.98. The Kier molecular flexibility index (Phi) is 4.85. The van der Waals surface area contributed by atoms with E-state index in [2.05, 4.69) is 27.1 Å². The van der Waals surface area contributed by atoms with Gasteiger partial charge in [-0.3, -0.25) is 9.69 Å². The molecule has 1 unspecified atom stereocenters. The highest BCUT2D eigenvalue weighted by atomic mass is 16.1. The van der Waals surface area contributed by atoms with E-state index < -0.39 is 0 Å². The number of aryl methyl sites for hydroxylation is 1. The Morgan fingerprint density at radius 2 is 2.21 bits per heavy atom. The lowest BCUT2D eigenvalue weighted by atomic mass is 10.0. The summed E-state index contributed by atoms with van der Waals surface area (Å²) in [5.41, 5.74) is 1.15. The zero-order chi connectivity index (χ0) is 13.7. The number of carbonyl (C=O) groups is 1. The highest BCUT2D eigenvalue weighted by molar-refractivity contribution is 5.75. The quantitative estimate of drug-likeness (QED) is 0.860. The van der Waals surface area contributed by atoms with Gasteiger partial charge in [0, 0.05) is 50.9 Å². The molecule has 1 atom stereocenters. The molecular weight excluding hydrogens is 240 g/mol. The van der Waals surface area contributed by atoms with E-state index in [1.165, 1.54) is 0 Å². The van der Waals surface area contributed by atoms with Crippen molar-refractivity contribution in [1.29, 1.82) is 0 Å². The molecule has 2 rings (SSSR count). The van der Waals surface area contributed by atoms with Gasteiger partial charge in [0.15, 0.2) is 0 Å². The Labute approximate surface area is 114 Å². The molecule has 5 nitrogen and oxygen atoms in total. The van der Waals surface area contributed by atoms with Gasteiger partial charge in [0.2, 0.25) is 5.91 Å². The van der Waals surface area contributed by atoms with Crippen molar-refractivity contribution in [2.75, 3.05) is 20.1 Å². The van der Waals surface area contributed by atoms with Crippen LogP contribution in [0.1, 0.15) is 31.2 Å². The third kappa shape index (κ3) is 3.99. The maximum atomic E-state index is 11.4. The van der Waals surface area contributed by atoms with Crippen LogP contribution in [0.25, 0.3) is 0 Å². The van der Waals surface area contributed by atoms with Crippen LogP contribution in [-0.2, 0) is 17.8 Å². The molecule has 1 N–H and O–H groups in total. The van der Waals surface area contributed by atoms with E-state index in [0.29, 0.717) is 12.3 Å². The number of hydrogen-bond donors (Lipinski definition) is 1. The Morgan fingerprint density at radius 3 is 2.84 bits per heavy atom.